The van der Waals surface area contributed by atoms with Crippen molar-refractivity contribution in [2.45, 2.75) is 52.2 Å². The molecule has 1 aromatic rings. The molecule has 0 N–H and O–H groups in total. The zero-order valence-electron chi connectivity index (χ0n) is 17.7. The lowest BCUT2D eigenvalue weighted by atomic mass is 9.93. The lowest BCUT2D eigenvalue weighted by Gasteiger charge is -2.41. The van der Waals surface area contributed by atoms with Crippen molar-refractivity contribution in [3.63, 3.8) is 0 Å². The molecule has 0 bridgehead atoms. The minimum Gasteiger partial charge on any atom is -0.488 e. The first-order chi connectivity index (χ1) is 13.2. The van der Waals surface area contributed by atoms with Gasteiger partial charge in [0.05, 0.1) is 12.5 Å². The van der Waals surface area contributed by atoms with Crippen molar-refractivity contribution in [1.82, 2.24) is 9.80 Å². The van der Waals surface area contributed by atoms with Gasteiger partial charge in [-0.15, -0.1) is 0 Å². The van der Waals surface area contributed by atoms with Crippen LogP contribution in [0.2, 0.25) is 0 Å². The molecule has 0 radical (unpaired) electrons. The quantitative estimate of drug-likeness (QED) is 0.796. The molecule has 0 aromatic heterocycles. The van der Waals surface area contributed by atoms with E-state index >= 15 is 0 Å². The number of rotatable bonds is 4. The molecular formula is C22H32N2O4. The summed E-state index contributed by atoms with van der Waals surface area (Å²) in [7, 11) is 1.60. The van der Waals surface area contributed by atoms with Crippen LogP contribution >= 0.6 is 0 Å². The minimum atomic E-state index is -0.163. The molecule has 2 aliphatic heterocycles. The SMILES string of the molecule is COC[C@H](C)C(=O)N1CCN(C(=O)c2ccc3c(c2)CCC(C)(C)O3)C(C)C1. The maximum atomic E-state index is 13.1. The average molecular weight is 389 g/mol. The van der Waals surface area contributed by atoms with Gasteiger partial charge in [-0.25, -0.2) is 0 Å². The van der Waals surface area contributed by atoms with Crippen LogP contribution in [0.4, 0.5) is 0 Å². The van der Waals surface area contributed by atoms with Gasteiger partial charge in [-0.3, -0.25) is 9.59 Å². The first-order valence-corrected chi connectivity index (χ1v) is 10.1. The van der Waals surface area contributed by atoms with E-state index in [9.17, 15) is 9.59 Å². The number of carbonyl (C=O) groups excluding carboxylic acids is 2. The van der Waals surface area contributed by atoms with Gasteiger partial charge >= 0.3 is 0 Å². The van der Waals surface area contributed by atoms with Crippen LogP contribution < -0.4 is 4.74 Å². The van der Waals surface area contributed by atoms with E-state index in [2.05, 4.69) is 13.8 Å². The zero-order valence-corrected chi connectivity index (χ0v) is 17.7. The van der Waals surface area contributed by atoms with E-state index < -0.39 is 0 Å². The number of ether oxygens (including phenoxy) is 2. The van der Waals surface area contributed by atoms with Crippen LogP contribution in [0.25, 0.3) is 0 Å². The molecule has 1 fully saturated rings. The van der Waals surface area contributed by atoms with Crippen molar-refractivity contribution < 1.29 is 19.1 Å². The van der Waals surface area contributed by atoms with E-state index in [1.807, 2.05) is 41.8 Å². The molecule has 0 spiro atoms. The summed E-state index contributed by atoms with van der Waals surface area (Å²) in [6.07, 6.45) is 1.85. The van der Waals surface area contributed by atoms with Gasteiger partial charge in [0.15, 0.2) is 0 Å². The second-order valence-corrected chi connectivity index (χ2v) is 8.67. The monoisotopic (exact) mass is 388 g/mol. The number of hydrogen-bond donors (Lipinski definition) is 0. The maximum Gasteiger partial charge on any atom is 0.254 e. The number of hydrogen-bond acceptors (Lipinski definition) is 4. The Morgan fingerprint density at radius 2 is 2.07 bits per heavy atom. The Bertz CT molecular complexity index is 746. The number of methoxy groups -OCH3 is 1. The van der Waals surface area contributed by atoms with Crippen molar-refractivity contribution in [3.8, 4) is 5.75 Å². The summed E-state index contributed by atoms with van der Waals surface area (Å²) in [5.41, 5.74) is 1.64. The highest BCUT2D eigenvalue weighted by molar-refractivity contribution is 5.95. The summed E-state index contributed by atoms with van der Waals surface area (Å²) < 4.78 is 11.1. The lowest BCUT2D eigenvalue weighted by molar-refractivity contribution is -0.139. The van der Waals surface area contributed by atoms with Gasteiger partial charge in [-0.1, -0.05) is 6.92 Å². The fourth-order valence-corrected chi connectivity index (χ4v) is 4.05. The molecule has 1 saturated heterocycles. The second-order valence-electron chi connectivity index (χ2n) is 8.67. The van der Waals surface area contributed by atoms with E-state index in [1.54, 1.807) is 7.11 Å². The summed E-state index contributed by atoms with van der Waals surface area (Å²) >= 11 is 0. The van der Waals surface area contributed by atoms with Gasteiger partial charge in [0.2, 0.25) is 5.91 Å². The van der Waals surface area contributed by atoms with E-state index in [-0.39, 0.29) is 29.4 Å². The number of amides is 2. The number of carbonyl (C=O) groups is 2. The van der Waals surface area contributed by atoms with Crippen LogP contribution in [0.3, 0.4) is 0 Å². The van der Waals surface area contributed by atoms with Crippen molar-refractivity contribution in [1.29, 1.82) is 0 Å². The molecule has 2 amide bonds. The molecule has 1 unspecified atom stereocenters. The first-order valence-electron chi connectivity index (χ1n) is 10.1. The normalized spacial score (nSPS) is 22.2. The summed E-state index contributed by atoms with van der Waals surface area (Å²) in [4.78, 5) is 29.3. The molecule has 28 heavy (non-hydrogen) atoms. The fourth-order valence-electron chi connectivity index (χ4n) is 4.05. The molecule has 2 aliphatic rings. The first kappa shape index (κ1) is 20.6. The Labute approximate surface area is 167 Å². The van der Waals surface area contributed by atoms with Crippen molar-refractivity contribution >= 4 is 11.8 Å². The van der Waals surface area contributed by atoms with Gasteiger partial charge in [-0.05, 0) is 57.4 Å². The van der Waals surface area contributed by atoms with Crippen LogP contribution in [-0.4, -0.2) is 66.6 Å². The van der Waals surface area contributed by atoms with Crippen LogP contribution in [0.1, 0.15) is 50.0 Å². The van der Waals surface area contributed by atoms with Gasteiger partial charge < -0.3 is 19.3 Å². The zero-order chi connectivity index (χ0) is 20.5. The van der Waals surface area contributed by atoms with Crippen molar-refractivity contribution in [2.75, 3.05) is 33.4 Å². The third kappa shape index (κ3) is 4.32. The summed E-state index contributed by atoms with van der Waals surface area (Å²) in [6.45, 7) is 10.1. The Morgan fingerprint density at radius 1 is 1.32 bits per heavy atom. The van der Waals surface area contributed by atoms with Gasteiger partial charge in [0.1, 0.15) is 11.4 Å². The highest BCUT2D eigenvalue weighted by Gasteiger charge is 2.33. The van der Waals surface area contributed by atoms with E-state index in [4.69, 9.17) is 9.47 Å². The lowest BCUT2D eigenvalue weighted by Crippen LogP contribution is -2.56. The maximum absolute atomic E-state index is 13.1. The Morgan fingerprint density at radius 3 is 2.75 bits per heavy atom. The molecule has 2 atom stereocenters. The summed E-state index contributed by atoms with van der Waals surface area (Å²) in [5.74, 6) is 0.833. The van der Waals surface area contributed by atoms with Gasteiger partial charge in [0.25, 0.3) is 5.91 Å². The largest absolute Gasteiger partial charge is 0.488 e. The van der Waals surface area contributed by atoms with Gasteiger partial charge in [0, 0.05) is 38.3 Å². The molecular weight excluding hydrogens is 356 g/mol. The highest BCUT2D eigenvalue weighted by atomic mass is 16.5. The molecule has 3 rings (SSSR count). The predicted molar refractivity (Wildman–Crippen MR) is 108 cm³/mol. The molecule has 0 saturated carbocycles. The van der Waals surface area contributed by atoms with E-state index in [0.717, 1.165) is 24.2 Å². The van der Waals surface area contributed by atoms with Crippen molar-refractivity contribution in [3.05, 3.63) is 29.3 Å². The second kappa shape index (κ2) is 8.11. The molecule has 2 heterocycles. The van der Waals surface area contributed by atoms with E-state index in [1.165, 1.54) is 0 Å². The number of fused-ring (bicyclic) bond motifs is 1. The van der Waals surface area contributed by atoms with Crippen LogP contribution in [0, 0.1) is 5.92 Å². The van der Waals surface area contributed by atoms with E-state index in [0.29, 0.717) is 31.8 Å². The summed E-state index contributed by atoms with van der Waals surface area (Å²) in [5, 5.41) is 0. The molecule has 6 heteroatoms. The highest BCUT2D eigenvalue weighted by Crippen LogP contribution is 2.33. The Hall–Kier alpha value is -2.08. The number of benzene rings is 1. The third-order valence-corrected chi connectivity index (χ3v) is 5.73. The smallest absolute Gasteiger partial charge is 0.254 e. The minimum absolute atomic E-state index is 0.0221. The Balaban J connectivity index is 1.67. The number of nitrogens with zero attached hydrogens (tertiary/aromatic N) is 2. The number of aryl methyl sites for hydroxylation is 1. The third-order valence-electron chi connectivity index (χ3n) is 5.73. The molecule has 0 aliphatic carbocycles. The topological polar surface area (TPSA) is 59.1 Å². The molecule has 154 valence electrons. The number of piperazine rings is 1. The van der Waals surface area contributed by atoms with Crippen LogP contribution in [0.15, 0.2) is 18.2 Å². The summed E-state index contributed by atoms with van der Waals surface area (Å²) in [6, 6.07) is 5.72. The Kier molecular flexibility index (Phi) is 5.98. The standard InChI is InChI=1S/C22H32N2O4/c1-15(14-27-5)20(25)23-10-11-24(16(2)13-23)21(26)18-6-7-19-17(12-18)8-9-22(3,4)28-19/h6-7,12,15-16H,8-11,13-14H2,1-5H3/t15-,16?/m0/s1. The van der Waals surface area contributed by atoms with Crippen molar-refractivity contribution in [2.24, 2.45) is 5.92 Å². The van der Waals surface area contributed by atoms with Gasteiger partial charge in [-0.2, -0.15) is 0 Å². The van der Waals surface area contributed by atoms with Crippen LogP contribution in [-0.2, 0) is 16.0 Å². The predicted octanol–water partition coefficient (Wildman–Crippen LogP) is 2.75. The van der Waals surface area contributed by atoms with Crippen LogP contribution in [0.5, 0.6) is 5.75 Å². The molecule has 6 nitrogen and oxygen atoms in total. The fraction of sp³-hybridized carbons (Fsp3) is 0.636. The average Bonchev–Trinajstić information content (AvgIpc) is 2.66. The molecule has 1 aromatic carbocycles.